The number of nitrogens with zero attached hydrogens (tertiary/aromatic N) is 3. The summed E-state index contributed by atoms with van der Waals surface area (Å²) in [7, 11) is 1.70. The number of anilines is 1. The van der Waals surface area contributed by atoms with E-state index in [1.54, 1.807) is 19.2 Å². The lowest BCUT2D eigenvalue weighted by Crippen LogP contribution is -2.33. The molecule has 2 amide bonds. The Kier molecular flexibility index (Phi) is 5.27. The Bertz CT molecular complexity index is 704. The smallest absolute Gasteiger partial charge is 0.271 e. The van der Waals surface area contributed by atoms with Crippen LogP contribution in [0.5, 0.6) is 0 Å². The SMILES string of the molecule is Cn1nc(C(=O)NCCN2CCCC2)cc1NC(=O)c1cccs1. The van der Waals surface area contributed by atoms with Crippen LogP contribution in [0.25, 0.3) is 0 Å². The number of aromatic nitrogens is 2. The third-order valence-electron chi connectivity index (χ3n) is 4.01. The normalized spacial score (nSPS) is 14.7. The highest BCUT2D eigenvalue weighted by Crippen LogP contribution is 2.14. The largest absolute Gasteiger partial charge is 0.349 e. The average Bonchev–Trinajstić information content (AvgIpc) is 3.29. The molecule has 2 N–H and O–H groups in total. The Labute approximate surface area is 144 Å². The van der Waals surface area contributed by atoms with Crippen LogP contribution in [0.15, 0.2) is 23.6 Å². The summed E-state index contributed by atoms with van der Waals surface area (Å²) in [4.78, 5) is 27.2. The first-order chi connectivity index (χ1) is 11.6. The summed E-state index contributed by atoms with van der Waals surface area (Å²) < 4.78 is 1.50. The fourth-order valence-corrected chi connectivity index (χ4v) is 3.32. The summed E-state index contributed by atoms with van der Waals surface area (Å²) in [5.41, 5.74) is 0.306. The van der Waals surface area contributed by atoms with Crippen molar-refractivity contribution in [1.29, 1.82) is 0 Å². The zero-order chi connectivity index (χ0) is 16.9. The molecule has 0 saturated carbocycles. The van der Waals surface area contributed by atoms with Gasteiger partial charge in [-0.05, 0) is 37.4 Å². The zero-order valence-electron chi connectivity index (χ0n) is 13.6. The molecule has 1 fully saturated rings. The van der Waals surface area contributed by atoms with Gasteiger partial charge in [-0.3, -0.25) is 14.3 Å². The summed E-state index contributed by atoms with van der Waals surface area (Å²) in [6.07, 6.45) is 2.48. The van der Waals surface area contributed by atoms with Crippen LogP contribution in [0.2, 0.25) is 0 Å². The number of nitrogens with one attached hydrogen (secondary N) is 2. The van der Waals surface area contributed by atoms with Crippen molar-refractivity contribution >= 4 is 29.0 Å². The number of carbonyl (C=O) groups excluding carboxylic acids is 2. The van der Waals surface area contributed by atoms with Crippen molar-refractivity contribution in [2.24, 2.45) is 7.05 Å². The van der Waals surface area contributed by atoms with Crippen LogP contribution in [0.4, 0.5) is 5.82 Å². The van der Waals surface area contributed by atoms with Crippen molar-refractivity contribution < 1.29 is 9.59 Å². The van der Waals surface area contributed by atoms with Gasteiger partial charge in [-0.15, -0.1) is 11.3 Å². The molecule has 0 bridgehead atoms. The van der Waals surface area contributed by atoms with Gasteiger partial charge in [0, 0.05) is 26.2 Å². The molecule has 3 heterocycles. The van der Waals surface area contributed by atoms with Gasteiger partial charge in [0.05, 0.1) is 4.88 Å². The first-order valence-corrected chi connectivity index (χ1v) is 8.91. The maximum atomic E-state index is 12.2. The maximum Gasteiger partial charge on any atom is 0.271 e. The van der Waals surface area contributed by atoms with Gasteiger partial charge < -0.3 is 15.5 Å². The van der Waals surface area contributed by atoms with Gasteiger partial charge in [-0.2, -0.15) is 5.10 Å². The lowest BCUT2D eigenvalue weighted by molar-refractivity contribution is 0.0943. The Morgan fingerprint density at radius 3 is 2.79 bits per heavy atom. The molecular weight excluding hydrogens is 326 g/mol. The van der Waals surface area contributed by atoms with Crippen molar-refractivity contribution in [1.82, 2.24) is 20.0 Å². The second-order valence-electron chi connectivity index (χ2n) is 5.77. The molecule has 2 aromatic rings. The summed E-state index contributed by atoms with van der Waals surface area (Å²) in [6, 6.07) is 5.17. The fourth-order valence-electron chi connectivity index (χ4n) is 2.71. The molecule has 3 rings (SSSR count). The van der Waals surface area contributed by atoms with Crippen molar-refractivity contribution in [2.45, 2.75) is 12.8 Å². The standard InChI is InChI=1S/C16H21N5O2S/c1-20-14(18-16(23)13-5-4-10-24-13)11-12(19-20)15(22)17-6-9-21-7-2-3-8-21/h4-5,10-11H,2-3,6-9H2,1H3,(H,17,22)(H,18,23). The maximum absolute atomic E-state index is 12.2. The molecule has 0 atom stereocenters. The van der Waals surface area contributed by atoms with Gasteiger partial charge in [0.15, 0.2) is 5.69 Å². The number of rotatable bonds is 6. The van der Waals surface area contributed by atoms with Crippen LogP contribution in [-0.2, 0) is 7.05 Å². The molecule has 0 radical (unpaired) electrons. The number of hydrogen-bond donors (Lipinski definition) is 2. The van der Waals surface area contributed by atoms with E-state index >= 15 is 0 Å². The Balaban J connectivity index is 1.54. The minimum absolute atomic E-state index is 0.200. The van der Waals surface area contributed by atoms with Crippen LogP contribution in [0, 0.1) is 0 Å². The summed E-state index contributed by atoms with van der Waals surface area (Å²) in [5, 5.41) is 11.7. The molecule has 1 saturated heterocycles. The van der Waals surface area contributed by atoms with Gasteiger partial charge in [0.2, 0.25) is 0 Å². The number of likely N-dealkylation sites (tertiary alicyclic amines) is 1. The van der Waals surface area contributed by atoms with Gasteiger partial charge in [-0.25, -0.2) is 0 Å². The van der Waals surface area contributed by atoms with Crippen molar-refractivity contribution in [2.75, 3.05) is 31.5 Å². The lowest BCUT2D eigenvalue weighted by atomic mass is 10.3. The Hall–Kier alpha value is -2.19. The molecule has 24 heavy (non-hydrogen) atoms. The second kappa shape index (κ2) is 7.59. The van der Waals surface area contributed by atoms with Crippen molar-refractivity contribution in [3.63, 3.8) is 0 Å². The molecule has 0 unspecified atom stereocenters. The number of hydrogen-bond acceptors (Lipinski definition) is 5. The molecule has 8 heteroatoms. The van der Waals surface area contributed by atoms with E-state index in [1.165, 1.54) is 28.9 Å². The molecule has 2 aromatic heterocycles. The third kappa shape index (κ3) is 4.01. The predicted molar refractivity (Wildman–Crippen MR) is 93.5 cm³/mol. The predicted octanol–water partition coefficient (Wildman–Crippen LogP) is 1.56. The van der Waals surface area contributed by atoms with E-state index in [2.05, 4.69) is 20.6 Å². The molecule has 0 aliphatic carbocycles. The van der Waals surface area contributed by atoms with E-state index in [0.717, 1.165) is 19.6 Å². The number of carbonyl (C=O) groups is 2. The molecule has 128 valence electrons. The van der Waals surface area contributed by atoms with Gasteiger partial charge in [0.1, 0.15) is 5.82 Å². The van der Waals surface area contributed by atoms with Gasteiger partial charge in [-0.1, -0.05) is 6.07 Å². The highest BCUT2D eigenvalue weighted by molar-refractivity contribution is 7.12. The number of aryl methyl sites for hydroxylation is 1. The first-order valence-electron chi connectivity index (χ1n) is 8.03. The number of thiophene rings is 1. The molecule has 1 aliphatic heterocycles. The highest BCUT2D eigenvalue weighted by Gasteiger charge is 2.16. The van der Waals surface area contributed by atoms with Gasteiger partial charge >= 0.3 is 0 Å². The fraction of sp³-hybridized carbons (Fsp3) is 0.438. The first kappa shape index (κ1) is 16.7. The average molecular weight is 347 g/mol. The van der Waals surface area contributed by atoms with Crippen LogP contribution in [0.3, 0.4) is 0 Å². The monoisotopic (exact) mass is 347 g/mol. The van der Waals surface area contributed by atoms with Crippen molar-refractivity contribution in [3.05, 3.63) is 34.2 Å². The quantitative estimate of drug-likeness (QED) is 0.831. The molecule has 0 spiro atoms. The van der Waals surface area contributed by atoms with E-state index in [9.17, 15) is 9.59 Å². The van der Waals surface area contributed by atoms with Crippen LogP contribution >= 0.6 is 11.3 Å². The van der Waals surface area contributed by atoms with Gasteiger partial charge in [0.25, 0.3) is 11.8 Å². The Morgan fingerprint density at radius 1 is 1.29 bits per heavy atom. The molecule has 0 aromatic carbocycles. The number of amides is 2. The van der Waals surface area contributed by atoms with Crippen LogP contribution in [0.1, 0.15) is 33.0 Å². The van der Waals surface area contributed by atoms with Crippen LogP contribution < -0.4 is 10.6 Å². The van der Waals surface area contributed by atoms with Crippen LogP contribution in [-0.4, -0.2) is 52.7 Å². The van der Waals surface area contributed by atoms with E-state index in [1.807, 2.05) is 11.4 Å². The van der Waals surface area contributed by atoms with E-state index in [0.29, 0.717) is 22.9 Å². The van der Waals surface area contributed by atoms with E-state index < -0.39 is 0 Å². The van der Waals surface area contributed by atoms with Crippen molar-refractivity contribution in [3.8, 4) is 0 Å². The minimum Gasteiger partial charge on any atom is -0.349 e. The zero-order valence-corrected chi connectivity index (χ0v) is 14.4. The minimum atomic E-state index is -0.221. The third-order valence-corrected chi connectivity index (χ3v) is 4.88. The molecule has 1 aliphatic rings. The topological polar surface area (TPSA) is 79.3 Å². The summed E-state index contributed by atoms with van der Waals surface area (Å²) in [6.45, 7) is 3.68. The Morgan fingerprint density at radius 2 is 2.08 bits per heavy atom. The molecular formula is C16H21N5O2S. The lowest BCUT2D eigenvalue weighted by Gasteiger charge is -2.14. The highest BCUT2D eigenvalue weighted by atomic mass is 32.1. The summed E-state index contributed by atoms with van der Waals surface area (Å²) in [5.74, 6) is 0.0773. The molecule has 7 nitrogen and oxygen atoms in total. The second-order valence-corrected chi connectivity index (χ2v) is 6.72. The van der Waals surface area contributed by atoms with E-state index in [4.69, 9.17) is 0 Å². The van der Waals surface area contributed by atoms with E-state index in [-0.39, 0.29) is 11.8 Å². The summed E-state index contributed by atoms with van der Waals surface area (Å²) >= 11 is 1.37.